The summed E-state index contributed by atoms with van der Waals surface area (Å²) < 4.78 is 21.1. The number of hydrogen-bond acceptors (Lipinski definition) is 5. The van der Waals surface area contributed by atoms with E-state index < -0.39 is 0 Å². The van der Waals surface area contributed by atoms with Gasteiger partial charge in [0.2, 0.25) is 5.78 Å². The second-order valence-electron chi connectivity index (χ2n) is 4.16. The summed E-state index contributed by atoms with van der Waals surface area (Å²) in [7, 11) is 3.04. The van der Waals surface area contributed by atoms with Crippen LogP contribution in [0.4, 0.5) is 0 Å². The van der Waals surface area contributed by atoms with Crippen LogP contribution in [-0.4, -0.2) is 20.0 Å². The number of rotatable bonds is 3. The molecule has 0 unspecified atom stereocenters. The van der Waals surface area contributed by atoms with Crippen LogP contribution in [0.3, 0.4) is 0 Å². The Morgan fingerprint density at radius 3 is 2.70 bits per heavy atom. The number of ketones is 1. The average Bonchev–Trinajstić information content (AvgIpc) is 3.07. The van der Waals surface area contributed by atoms with Crippen LogP contribution in [0, 0.1) is 0 Å². The van der Waals surface area contributed by atoms with Gasteiger partial charge in [-0.1, -0.05) is 0 Å². The molecule has 2 heterocycles. The van der Waals surface area contributed by atoms with Gasteiger partial charge < -0.3 is 18.6 Å². The number of ether oxygens (including phenoxy) is 3. The van der Waals surface area contributed by atoms with Gasteiger partial charge in [0.1, 0.15) is 28.6 Å². The average molecular weight is 272 g/mol. The fourth-order valence-electron chi connectivity index (χ4n) is 2.03. The predicted molar refractivity (Wildman–Crippen MR) is 71.2 cm³/mol. The second-order valence-corrected chi connectivity index (χ2v) is 4.16. The van der Waals surface area contributed by atoms with Crippen LogP contribution in [0.25, 0.3) is 6.08 Å². The molecule has 0 saturated carbocycles. The number of methoxy groups -OCH3 is 2. The number of carbonyl (C=O) groups is 1. The molecule has 1 aliphatic rings. The van der Waals surface area contributed by atoms with E-state index in [0.29, 0.717) is 28.6 Å². The molecular weight excluding hydrogens is 260 g/mol. The molecule has 0 radical (unpaired) electrons. The summed E-state index contributed by atoms with van der Waals surface area (Å²) in [6.07, 6.45) is 3.08. The van der Waals surface area contributed by atoms with Crippen LogP contribution in [0.15, 0.2) is 40.7 Å². The lowest BCUT2D eigenvalue weighted by molar-refractivity contribution is 0.101. The molecule has 0 bridgehead atoms. The third-order valence-electron chi connectivity index (χ3n) is 2.98. The maximum absolute atomic E-state index is 12.3. The molecule has 102 valence electrons. The number of carbonyl (C=O) groups excluding carboxylic acids is 1. The monoisotopic (exact) mass is 272 g/mol. The summed E-state index contributed by atoms with van der Waals surface area (Å²) in [5.41, 5.74) is 0.395. The van der Waals surface area contributed by atoms with Gasteiger partial charge in [-0.25, -0.2) is 0 Å². The summed E-state index contributed by atoms with van der Waals surface area (Å²) >= 11 is 0. The minimum absolute atomic E-state index is 0.196. The van der Waals surface area contributed by atoms with E-state index in [2.05, 4.69) is 0 Å². The molecule has 3 rings (SSSR count). The lowest BCUT2D eigenvalue weighted by Crippen LogP contribution is -2.00. The molecule has 1 aromatic heterocycles. The molecule has 0 fully saturated rings. The summed E-state index contributed by atoms with van der Waals surface area (Å²) in [5, 5.41) is 0. The van der Waals surface area contributed by atoms with Crippen molar-refractivity contribution in [2.24, 2.45) is 0 Å². The molecule has 5 heteroatoms. The number of allylic oxidation sites excluding steroid dienone is 1. The zero-order valence-electron chi connectivity index (χ0n) is 11.0. The van der Waals surface area contributed by atoms with E-state index in [0.717, 1.165) is 0 Å². The molecule has 1 aromatic carbocycles. The van der Waals surface area contributed by atoms with Gasteiger partial charge in [-0.05, 0) is 12.1 Å². The number of Topliss-reactive ketones (excluding diaryl/α,β-unsaturated/α-hetero) is 1. The van der Waals surface area contributed by atoms with E-state index in [-0.39, 0.29) is 11.5 Å². The molecule has 5 nitrogen and oxygen atoms in total. The predicted octanol–water partition coefficient (Wildman–Crippen LogP) is 2.91. The van der Waals surface area contributed by atoms with Gasteiger partial charge in [0.25, 0.3) is 0 Å². The summed E-state index contributed by atoms with van der Waals surface area (Å²) in [6, 6.07) is 6.78. The van der Waals surface area contributed by atoms with Crippen molar-refractivity contribution in [3.8, 4) is 17.2 Å². The Kier molecular flexibility index (Phi) is 2.95. The third kappa shape index (κ3) is 1.93. The van der Waals surface area contributed by atoms with Gasteiger partial charge >= 0.3 is 0 Å². The van der Waals surface area contributed by atoms with Crippen molar-refractivity contribution in [1.29, 1.82) is 0 Å². The van der Waals surface area contributed by atoms with E-state index in [4.69, 9.17) is 18.6 Å². The van der Waals surface area contributed by atoms with Crippen LogP contribution in [0.1, 0.15) is 16.1 Å². The number of fused-ring (bicyclic) bond motifs is 1. The lowest BCUT2D eigenvalue weighted by Gasteiger charge is -2.07. The SMILES string of the molecule is COc1cc(OC)c2c(c1)O/C(=C\c1ccco1)C2=O. The topological polar surface area (TPSA) is 57.9 Å². The van der Waals surface area contributed by atoms with Crippen LogP contribution in [-0.2, 0) is 0 Å². The Balaban J connectivity index is 2.06. The third-order valence-corrected chi connectivity index (χ3v) is 2.98. The Hall–Kier alpha value is -2.69. The van der Waals surface area contributed by atoms with Crippen molar-refractivity contribution >= 4 is 11.9 Å². The van der Waals surface area contributed by atoms with E-state index in [9.17, 15) is 4.79 Å². The van der Waals surface area contributed by atoms with Gasteiger partial charge in [-0.15, -0.1) is 0 Å². The first-order valence-corrected chi connectivity index (χ1v) is 5.96. The lowest BCUT2D eigenvalue weighted by atomic mass is 10.1. The Bertz CT molecular complexity index is 683. The van der Waals surface area contributed by atoms with Crippen molar-refractivity contribution in [3.63, 3.8) is 0 Å². The van der Waals surface area contributed by atoms with Gasteiger partial charge in [0.05, 0.1) is 20.5 Å². The highest BCUT2D eigenvalue weighted by molar-refractivity contribution is 6.16. The zero-order valence-corrected chi connectivity index (χ0v) is 11.0. The highest BCUT2D eigenvalue weighted by Crippen LogP contribution is 2.41. The molecule has 0 saturated heterocycles. The summed E-state index contributed by atoms with van der Waals surface area (Å²) in [5.74, 6) is 1.91. The highest BCUT2D eigenvalue weighted by Gasteiger charge is 2.32. The largest absolute Gasteiger partial charge is 0.496 e. The zero-order chi connectivity index (χ0) is 14.1. The van der Waals surface area contributed by atoms with Crippen molar-refractivity contribution < 1.29 is 23.4 Å². The quantitative estimate of drug-likeness (QED) is 0.804. The van der Waals surface area contributed by atoms with Gasteiger partial charge in [-0.3, -0.25) is 4.79 Å². The van der Waals surface area contributed by atoms with Crippen LogP contribution >= 0.6 is 0 Å². The normalized spacial score (nSPS) is 15.1. The highest BCUT2D eigenvalue weighted by atomic mass is 16.5. The molecular formula is C15H12O5. The minimum atomic E-state index is -0.240. The van der Waals surface area contributed by atoms with Gasteiger partial charge in [0, 0.05) is 18.2 Å². The van der Waals surface area contributed by atoms with E-state index >= 15 is 0 Å². The molecule has 0 aliphatic carbocycles. The fourth-order valence-corrected chi connectivity index (χ4v) is 2.03. The Morgan fingerprint density at radius 1 is 1.20 bits per heavy atom. The smallest absolute Gasteiger partial charge is 0.235 e. The molecule has 1 aliphatic heterocycles. The van der Waals surface area contributed by atoms with Crippen molar-refractivity contribution in [1.82, 2.24) is 0 Å². The Labute approximate surface area is 115 Å². The minimum Gasteiger partial charge on any atom is -0.496 e. The van der Waals surface area contributed by atoms with Crippen molar-refractivity contribution in [2.45, 2.75) is 0 Å². The molecule has 0 atom stereocenters. The first-order chi connectivity index (χ1) is 9.72. The molecule has 0 N–H and O–H groups in total. The van der Waals surface area contributed by atoms with Gasteiger partial charge in [0.15, 0.2) is 5.76 Å². The molecule has 0 amide bonds. The van der Waals surface area contributed by atoms with Crippen LogP contribution in [0.5, 0.6) is 17.2 Å². The summed E-state index contributed by atoms with van der Waals surface area (Å²) in [6.45, 7) is 0. The number of hydrogen-bond donors (Lipinski definition) is 0. The van der Waals surface area contributed by atoms with E-state index in [1.807, 2.05) is 0 Å². The number of furan rings is 1. The first kappa shape index (κ1) is 12.3. The molecule has 0 spiro atoms. The van der Waals surface area contributed by atoms with Crippen LogP contribution in [0.2, 0.25) is 0 Å². The summed E-state index contributed by atoms with van der Waals surface area (Å²) in [4.78, 5) is 12.3. The Morgan fingerprint density at radius 2 is 2.05 bits per heavy atom. The second kappa shape index (κ2) is 4.77. The molecule has 20 heavy (non-hydrogen) atoms. The van der Waals surface area contributed by atoms with Crippen molar-refractivity contribution in [2.75, 3.05) is 14.2 Å². The van der Waals surface area contributed by atoms with E-state index in [1.165, 1.54) is 20.5 Å². The van der Waals surface area contributed by atoms with Crippen molar-refractivity contribution in [3.05, 3.63) is 47.6 Å². The standard InChI is InChI=1S/C15H12O5/c1-17-10-7-11(18-2)14-12(8-10)20-13(15(14)16)6-9-4-3-5-19-9/h3-8H,1-2H3/b13-6-. The fraction of sp³-hybridized carbons (Fsp3) is 0.133. The molecule has 2 aromatic rings. The van der Waals surface area contributed by atoms with Gasteiger partial charge in [-0.2, -0.15) is 0 Å². The first-order valence-electron chi connectivity index (χ1n) is 5.96. The maximum Gasteiger partial charge on any atom is 0.235 e. The van der Waals surface area contributed by atoms with E-state index in [1.54, 1.807) is 30.3 Å². The maximum atomic E-state index is 12.3. The number of benzene rings is 1. The van der Waals surface area contributed by atoms with Crippen LogP contribution < -0.4 is 14.2 Å².